The normalized spacial score (nSPS) is 19.8. The van der Waals surface area contributed by atoms with Gasteiger partial charge in [0.25, 0.3) is 0 Å². The van der Waals surface area contributed by atoms with Crippen molar-refractivity contribution in [3.05, 3.63) is 22.9 Å². The lowest BCUT2D eigenvalue weighted by Crippen LogP contribution is -2.48. The van der Waals surface area contributed by atoms with E-state index in [-0.39, 0.29) is 17.4 Å². The minimum Gasteiger partial charge on any atom is -0.370 e. The number of aromatic nitrogens is 1. The summed E-state index contributed by atoms with van der Waals surface area (Å²) in [6.45, 7) is 7.81. The molecular formula is C15H22BrN3O. The standard InChI is InChI=1S/C15H22BrN3O/c1-15(2,3)18-14(20)11-5-4-8-19(10-11)13-6-7-17-9-12(13)16/h6-7,9,11H,4-5,8,10H2,1-3H3,(H,18,20). The molecule has 0 spiro atoms. The molecule has 2 heterocycles. The molecular weight excluding hydrogens is 318 g/mol. The van der Waals surface area contributed by atoms with Crippen molar-refractivity contribution in [3.8, 4) is 0 Å². The van der Waals surface area contributed by atoms with Crippen LogP contribution in [0.25, 0.3) is 0 Å². The number of nitrogens with zero attached hydrogens (tertiary/aromatic N) is 2. The van der Waals surface area contributed by atoms with Crippen LogP contribution in [0.5, 0.6) is 0 Å². The topological polar surface area (TPSA) is 45.2 Å². The van der Waals surface area contributed by atoms with Gasteiger partial charge >= 0.3 is 0 Å². The maximum Gasteiger partial charge on any atom is 0.225 e. The van der Waals surface area contributed by atoms with Gasteiger partial charge in [-0.15, -0.1) is 0 Å². The minimum atomic E-state index is -0.170. The summed E-state index contributed by atoms with van der Waals surface area (Å²) >= 11 is 3.53. The molecule has 110 valence electrons. The summed E-state index contributed by atoms with van der Waals surface area (Å²) in [6.07, 6.45) is 5.59. The quantitative estimate of drug-likeness (QED) is 0.900. The number of halogens is 1. The van der Waals surface area contributed by atoms with Crippen LogP contribution in [-0.4, -0.2) is 29.5 Å². The van der Waals surface area contributed by atoms with Crippen LogP contribution in [0.2, 0.25) is 0 Å². The van der Waals surface area contributed by atoms with E-state index in [1.165, 1.54) is 0 Å². The van der Waals surface area contributed by atoms with Gasteiger partial charge in [-0.2, -0.15) is 0 Å². The smallest absolute Gasteiger partial charge is 0.225 e. The lowest BCUT2D eigenvalue weighted by Gasteiger charge is -2.35. The van der Waals surface area contributed by atoms with Crippen LogP contribution < -0.4 is 10.2 Å². The Morgan fingerprint density at radius 3 is 2.90 bits per heavy atom. The minimum absolute atomic E-state index is 0.0584. The predicted molar refractivity (Wildman–Crippen MR) is 84.8 cm³/mol. The number of rotatable bonds is 2. The molecule has 1 aromatic heterocycles. The monoisotopic (exact) mass is 339 g/mol. The average molecular weight is 340 g/mol. The van der Waals surface area contributed by atoms with Gasteiger partial charge in [0, 0.05) is 31.0 Å². The first kappa shape index (κ1) is 15.3. The molecule has 1 aromatic rings. The van der Waals surface area contributed by atoms with Crippen molar-refractivity contribution in [1.82, 2.24) is 10.3 Å². The Hall–Kier alpha value is -1.10. The van der Waals surface area contributed by atoms with Crippen molar-refractivity contribution >= 4 is 27.5 Å². The highest BCUT2D eigenvalue weighted by Crippen LogP contribution is 2.29. The third-order valence-electron chi connectivity index (χ3n) is 3.38. The van der Waals surface area contributed by atoms with Crippen molar-refractivity contribution in [2.75, 3.05) is 18.0 Å². The van der Waals surface area contributed by atoms with Gasteiger partial charge < -0.3 is 10.2 Å². The Balaban J connectivity index is 2.06. The largest absolute Gasteiger partial charge is 0.370 e. The Kier molecular flexibility index (Phi) is 4.68. The van der Waals surface area contributed by atoms with Crippen LogP contribution >= 0.6 is 15.9 Å². The molecule has 4 nitrogen and oxygen atoms in total. The maximum absolute atomic E-state index is 12.3. The summed E-state index contributed by atoms with van der Waals surface area (Å²) in [4.78, 5) is 18.7. The zero-order chi connectivity index (χ0) is 14.8. The molecule has 5 heteroatoms. The van der Waals surface area contributed by atoms with Gasteiger partial charge in [0.2, 0.25) is 5.91 Å². The molecule has 2 rings (SSSR count). The van der Waals surface area contributed by atoms with E-state index in [2.05, 4.69) is 31.1 Å². The highest BCUT2D eigenvalue weighted by atomic mass is 79.9. The zero-order valence-electron chi connectivity index (χ0n) is 12.3. The van der Waals surface area contributed by atoms with Crippen LogP contribution in [0.4, 0.5) is 5.69 Å². The van der Waals surface area contributed by atoms with Crippen molar-refractivity contribution in [2.24, 2.45) is 5.92 Å². The first-order chi connectivity index (χ1) is 9.37. The average Bonchev–Trinajstić information content (AvgIpc) is 2.37. The molecule has 1 unspecified atom stereocenters. The predicted octanol–water partition coefficient (Wildman–Crippen LogP) is 2.98. The second kappa shape index (κ2) is 6.12. The number of hydrogen-bond donors (Lipinski definition) is 1. The summed E-state index contributed by atoms with van der Waals surface area (Å²) in [6, 6.07) is 1.99. The SMILES string of the molecule is CC(C)(C)NC(=O)C1CCCN(c2ccncc2Br)C1. The van der Waals surface area contributed by atoms with Crippen LogP contribution in [-0.2, 0) is 4.79 Å². The Morgan fingerprint density at radius 1 is 1.50 bits per heavy atom. The van der Waals surface area contributed by atoms with Gasteiger partial charge in [0.1, 0.15) is 0 Å². The number of nitrogens with one attached hydrogen (secondary N) is 1. The van der Waals surface area contributed by atoms with E-state index in [9.17, 15) is 4.79 Å². The zero-order valence-corrected chi connectivity index (χ0v) is 13.9. The summed E-state index contributed by atoms with van der Waals surface area (Å²) in [5.74, 6) is 0.218. The lowest BCUT2D eigenvalue weighted by molar-refractivity contribution is -0.126. The van der Waals surface area contributed by atoms with E-state index in [0.717, 1.165) is 36.1 Å². The molecule has 1 aliphatic heterocycles. The summed E-state index contributed by atoms with van der Waals surface area (Å²) < 4.78 is 0.983. The van der Waals surface area contributed by atoms with Crippen LogP contribution in [0.1, 0.15) is 33.6 Å². The fourth-order valence-corrected chi connectivity index (χ4v) is 3.01. The van der Waals surface area contributed by atoms with Gasteiger partial charge in [-0.05, 0) is 55.6 Å². The molecule has 0 saturated carbocycles. The maximum atomic E-state index is 12.3. The number of carbonyl (C=O) groups excluding carboxylic acids is 1. The Morgan fingerprint density at radius 2 is 2.25 bits per heavy atom. The molecule has 0 radical (unpaired) electrons. The van der Waals surface area contributed by atoms with Gasteiger partial charge in [-0.1, -0.05) is 0 Å². The number of hydrogen-bond acceptors (Lipinski definition) is 3. The molecule has 0 aromatic carbocycles. The van der Waals surface area contributed by atoms with Gasteiger partial charge in [0.15, 0.2) is 0 Å². The number of carbonyl (C=O) groups is 1. The van der Waals surface area contributed by atoms with Gasteiger partial charge in [-0.3, -0.25) is 9.78 Å². The molecule has 1 atom stereocenters. The highest BCUT2D eigenvalue weighted by molar-refractivity contribution is 9.10. The van der Waals surface area contributed by atoms with Gasteiger partial charge in [0.05, 0.1) is 16.1 Å². The van der Waals surface area contributed by atoms with E-state index in [0.29, 0.717) is 0 Å². The second-order valence-electron chi connectivity index (χ2n) is 6.35. The summed E-state index contributed by atoms with van der Waals surface area (Å²) in [5, 5.41) is 3.09. The van der Waals surface area contributed by atoms with Crippen LogP contribution in [0, 0.1) is 5.92 Å². The van der Waals surface area contributed by atoms with E-state index >= 15 is 0 Å². The van der Waals surface area contributed by atoms with Crippen molar-refractivity contribution in [3.63, 3.8) is 0 Å². The van der Waals surface area contributed by atoms with Crippen molar-refractivity contribution < 1.29 is 4.79 Å². The molecule has 1 aliphatic rings. The summed E-state index contributed by atoms with van der Waals surface area (Å²) in [5.41, 5.74) is 0.949. The molecule has 1 saturated heterocycles. The molecule has 1 amide bonds. The van der Waals surface area contributed by atoms with E-state index in [1.807, 2.05) is 26.8 Å². The number of piperidine rings is 1. The van der Waals surface area contributed by atoms with Crippen LogP contribution in [0.3, 0.4) is 0 Å². The Bertz CT molecular complexity index is 484. The van der Waals surface area contributed by atoms with E-state index < -0.39 is 0 Å². The third kappa shape index (κ3) is 3.95. The van der Waals surface area contributed by atoms with Crippen LogP contribution in [0.15, 0.2) is 22.9 Å². The third-order valence-corrected chi connectivity index (χ3v) is 3.99. The van der Waals surface area contributed by atoms with Gasteiger partial charge in [-0.25, -0.2) is 0 Å². The summed E-state index contributed by atoms with van der Waals surface area (Å²) in [7, 11) is 0. The van der Waals surface area contributed by atoms with Crippen molar-refractivity contribution in [1.29, 1.82) is 0 Å². The fourth-order valence-electron chi connectivity index (χ4n) is 2.51. The Labute approximate surface area is 129 Å². The van der Waals surface area contributed by atoms with Crippen molar-refractivity contribution in [2.45, 2.75) is 39.2 Å². The lowest BCUT2D eigenvalue weighted by atomic mass is 9.95. The number of amides is 1. The molecule has 1 N–H and O–H groups in total. The fraction of sp³-hybridized carbons (Fsp3) is 0.600. The molecule has 0 bridgehead atoms. The van der Waals surface area contributed by atoms with E-state index in [1.54, 1.807) is 12.4 Å². The second-order valence-corrected chi connectivity index (χ2v) is 7.21. The number of pyridine rings is 1. The first-order valence-electron chi connectivity index (χ1n) is 7.03. The number of anilines is 1. The molecule has 20 heavy (non-hydrogen) atoms. The molecule has 0 aliphatic carbocycles. The first-order valence-corrected chi connectivity index (χ1v) is 7.82. The molecule has 1 fully saturated rings. The van der Waals surface area contributed by atoms with E-state index in [4.69, 9.17) is 0 Å². The highest BCUT2D eigenvalue weighted by Gasteiger charge is 2.28.